The predicted molar refractivity (Wildman–Crippen MR) is 115 cm³/mol. The average Bonchev–Trinajstić information content (AvgIpc) is 3.15. The molecule has 0 unspecified atom stereocenters. The molecule has 8 heteroatoms. The molecule has 2 rings (SSSR count). The average molecular weight is 416 g/mol. The third-order valence-electron chi connectivity index (χ3n) is 4.19. The number of rotatable bonds is 8. The van der Waals surface area contributed by atoms with E-state index in [9.17, 15) is 14.4 Å². The van der Waals surface area contributed by atoms with E-state index in [1.54, 1.807) is 18.2 Å². The van der Waals surface area contributed by atoms with Gasteiger partial charge in [0.25, 0.3) is 11.8 Å². The third-order valence-corrected chi connectivity index (χ3v) is 5.18. The summed E-state index contributed by atoms with van der Waals surface area (Å²) < 4.78 is 4.86. The van der Waals surface area contributed by atoms with Crippen molar-refractivity contribution in [3.8, 4) is 0 Å². The molecule has 154 valence electrons. The highest BCUT2D eigenvalue weighted by atomic mass is 32.1. The van der Waals surface area contributed by atoms with E-state index in [4.69, 9.17) is 4.74 Å². The van der Waals surface area contributed by atoms with Gasteiger partial charge < -0.3 is 9.64 Å². The number of ether oxygens (including phenoxy) is 1. The maximum Gasteiger partial charge on any atom is 0.331 e. The zero-order valence-corrected chi connectivity index (χ0v) is 17.5. The molecule has 7 nitrogen and oxygen atoms in total. The van der Waals surface area contributed by atoms with Gasteiger partial charge in [0, 0.05) is 35.3 Å². The molecule has 0 aliphatic rings. The van der Waals surface area contributed by atoms with Gasteiger partial charge in [0.05, 0.1) is 0 Å². The summed E-state index contributed by atoms with van der Waals surface area (Å²) in [6, 6.07) is 9.03. The van der Waals surface area contributed by atoms with Gasteiger partial charge >= 0.3 is 5.97 Å². The summed E-state index contributed by atoms with van der Waals surface area (Å²) in [5.74, 6) is -1.72. The molecule has 1 aromatic heterocycles. The standard InChI is InChI=1S/C21H25N3O4S/c1-4-24(5-2)17-8-6-16(7-9-17)21(27)23-22-19(25)14-28-20(26)11-10-18-15(3)12-13-29-18/h6-13H,4-5,14H2,1-3H3,(H,22,25)(H,23,27)/b11-10+. The summed E-state index contributed by atoms with van der Waals surface area (Å²) in [7, 11) is 0. The Morgan fingerprint density at radius 3 is 2.34 bits per heavy atom. The minimum Gasteiger partial charge on any atom is -0.452 e. The summed E-state index contributed by atoms with van der Waals surface area (Å²) in [5, 5.41) is 1.92. The maximum absolute atomic E-state index is 12.1. The summed E-state index contributed by atoms with van der Waals surface area (Å²) >= 11 is 1.51. The van der Waals surface area contributed by atoms with Gasteiger partial charge in [0.2, 0.25) is 0 Å². The first-order chi connectivity index (χ1) is 13.9. The molecule has 0 fully saturated rings. The molecule has 1 aromatic carbocycles. The Bertz CT molecular complexity index is 870. The van der Waals surface area contributed by atoms with Crippen LogP contribution in [0.5, 0.6) is 0 Å². The molecule has 0 atom stereocenters. The Balaban J connectivity index is 1.75. The molecule has 0 spiro atoms. The van der Waals surface area contributed by atoms with Crippen LogP contribution in [0.3, 0.4) is 0 Å². The number of hydrogen-bond donors (Lipinski definition) is 2. The fourth-order valence-corrected chi connectivity index (χ4v) is 3.35. The number of benzene rings is 1. The number of nitrogens with zero attached hydrogens (tertiary/aromatic N) is 1. The van der Waals surface area contributed by atoms with Crippen molar-refractivity contribution >= 4 is 40.9 Å². The van der Waals surface area contributed by atoms with Crippen LogP contribution in [0.4, 0.5) is 5.69 Å². The van der Waals surface area contributed by atoms with E-state index in [2.05, 4.69) is 29.6 Å². The van der Waals surface area contributed by atoms with Crippen molar-refractivity contribution in [3.05, 3.63) is 57.8 Å². The van der Waals surface area contributed by atoms with Gasteiger partial charge in [-0.2, -0.15) is 0 Å². The third kappa shape index (κ3) is 6.76. The largest absolute Gasteiger partial charge is 0.452 e. The fraction of sp³-hybridized carbons (Fsp3) is 0.286. The van der Waals surface area contributed by atoms with Gasteiger partial charge in [-0.05, 0) is 68.1 Å². The second kappa shape index (κ2) is 11.0. The molecule has 2 aromatic rings. The normalized spacial score (nSPS) is 10.6. The minimum absolute atomic E-state index is 0.410. The molecule has 0 radical (unpaired) electrons. The van der Waals surface area contributed by atoms with E-state index in [1.807, 2.05) is 30.5 Å². The molecule has 0 saturated carbocycles. The van der Waals surface area contributed by atoms with E-state index in [-0.39, 0.29) is 0 Å². The summed E-state index contributed by atoms with van der Waals surface area (Å²) in [4.78, 5) is 38.7. The van der Waals surface area contributed by atoms with E-state index in [1.165, 1.54) is 17.4 Å². The molecule has 2 amide bonds. The smallest absolute Gasteiger partial charge is 0.331 e. The molecular formula is C21H25N3O4S. The fourth-order valence-electron chi connectivity index (χ4n) is 2.53. The van der Waals surface area contributed by atoms with E-state index >= 15 is 0 Å². The number of hydrogen-bond acceptors (Lipinski definition) is 6. The number of amides is 2. The summed E-state index contributed by atoms with van der Waals surface area (Å²) in [6.07, 6.45) is 2.91. The van der Waals surface area contributed by atoms with Crippen molar-refractivity contribution in [2.24, 2.45) is 0 Å². The van der Waals surface area contributed by atoms with Crippen LogP contribution >= 0.6 is 11.3 Å². The summed E-state index contributed by atoms with van der Waals surface area (Å²) in [6.45, 7) is 7.32. The van der Waals surface area contributed by atoms with Crippen LogP contribution in [0.1, 0.15) is 34.6 Å². The number of nitrogens with one attached hydrogen (secondary N) is 2. The van der Waals surface area contributed by atoms with E-state index < -0.39 is 24.4 Å². The minimum atomic E-state index is -0.633. The van der Waals surface area contributed by atoms with Crippen LogP contribution in [-0.4, -0.2) is 37.5 Å². The van der Waals surface area contributed by atoms with Crippen molar-refractivity contribution in [1.82, 2.24) is 10.9 Å². The number of carbonyl (C=O) groups is 3. The van der Waals surface area contributed by atoms with Gasteiger partial charge in [-0.3, -0.25) is 20.4 Å². The summed E-state index contributed by atoms with van der Waals surface area (Å²) in [5.41, 5.74) is 7.02. The van der Waals surface area contributed by atoms with Crippen LogP contribution in [0.15, 0.2) is 41.8 Å². The number of anilines is 1. The Kier molecular flexibility index (Phi) is 8.42. The number of carbonyl (C=O) groups excluding carboxylic acids is 3. The van der Waals surface area contributed by atoms with Gasteiger partial charge in [-0.25, -0.2) is 4.79 Å². The zero-order valence-electron chi connectivity index (χ0n) is 16.7. The van der Waals surface area contributed by atoms with Crippen LogP contribution < -0.4 is 15.8 Å². The second-order valence-electron chi connectivity index (χ2n) is 6.13. The van der Waals surface area contributed by atoms with Crippen molar-refractivity contribution < 1.29 is 19.1 Å². The highest BCUT2D eigenvalue weighted by molar-refractivity contribution is 7.11. The Labute approximate surface area is 174 Å². The molecular weight excluding hydrogens is 390 g/mol. The number of esters is 1. The molecule has 0 saturated heterocycles. The van der Waals surface area contributed by atoms with Crippen LogP contribution in [0.2, 0.25) is 0 Å². The van der Waals surface area contributed by atoms with Gasteiger partial charge in [-0.1, -0.05) is 0 Å². The molecule has 1 heterocycles. The topological polar surface area (TPSA) is 87.7 Å². The number of aryl methyl sites for hydroxylation is 1. The molecule has 0 aliphatic carbocycles. The zero-order chi connectivity index (χ0) is 21.2. The molecule has 2 N–H and O–H groups in total. The van der Waals surface area contributed by atoms with Crippen molar-refractivity contribution in [3.63, 3.8) is 0 Å². The maximum atomic E-state index is 12.1. The lowest BCUT2D eigenvalue weighted by molar-refractivity contribution is -0.144. The van der Waals surface area contributed by atoms with Gasteiger partial charge in [0.1, 0.15) is 0 Å². The van der Waals surface area contributed by atoms with Gasteiger partial charge in [-0.15, -0.1) is 11.3 Å². The highest BCUT2D eigenvalue weighted by Gasteiger charge is 2.10. The molecule has 0 bridgehead atoms. The quantitative estimate of drug-likeness (QED) is 0.393. The first-order valence-corrected chi connectivity index (χ1v) is 10.2. The highest BCUT2D eigenvalue weighted by Crippen LogP contribution is 2.17. The van der Waals surface area contributed by atoms with Crippen molar-refractivity contribution in [1.29, 1.82) is 0 Å². The number of hydrazine groups is 1. The lowest BCUT2D eigenvalue weighted by atomic mass is 10.2. The number of thiophene rings is 1. The molecule has 0 aliphatic heterocycles. The van der Waals surface area contributed by atoms with Crippen LogP contribution in [0, 0.1) is 6.92 Å². The van der Waals surface area contributed by atoms with E-state index in [0.29, 0.717) is 5.56 Å². The van der Waals surface area contributed by atoms with E-state index in [0.717, 1.165) is 29.2 Å². The Morgan fingerprint density at radius 1 is 1.07 bits per heavy atom. The lowest BCUT2D eigenvalue weighted by Gasteiger charge is -2.21. The van der Waals surface area contributed by atoms with Crippen molar-refractivity contribution in [2.45, 2.75) is 20.8 Å². The van der Waals surface area contributed by atoms with Crippen LogP contribution in [0.25, 0.3) is 6.08 Å². The van der Waals surface area contributed by atoms with Crippen LogP contribution in [-0.2, 0) is 14.3 Å². The van der Waals surface area contributed by atoms with Gasteiger partial charge in [0.15, 0.2) is 6.61 Å². The second-order valence-corrected chi connectivity index (χ2v) is 7.08. The first-order valence-electron chi connectivity index (χ1n) is 9.27. The first kappa shape index (κ1) is 22.2. The van der Waals surface area contributed by atoms with Crippen molar-refractivity contribution in [2.75, 3.05) is 24.6 Å². The predicted octanol–water partition coefficient (Wildman–Crippen LogP) is 2.92. The SMILES string of the molecule is CCN(CC)c1ccc(C(=O)NNC(=O)COC(=O)/C=C/c2sccc2C)cc1. The monoisotopic (exact) mass is 415 g/mol. The molecule has 29 heavy (non-hydrogen) atoms. The Hall–Kier alpha value is -3.13. The Morgan fingerprint density at radius 2 is 1.76 bits per heavy atom. The lowest BCUT2D eigenvalue weighted by Crippen LogP contribution is -2.43.